The van der Waals surface area contributed by atoms with Crippen molar-refractivity contribution >= 4 is 23.6 Å². The third-order valence-electron chi connectivity index (χ3n) is 2.64. The molecule has 4 N–H and O–H groups in total. The van der Waals surface area contributed by atoms with Crippen molar-refractivity contribution in [2.24, 2.45) is 17.4 Å². The fourth-order valence-electron chi connectivity index (χ4n) is 1.45. The molecule has 4 nitrogen and oxygen atoms in total. The van der Waals surface area contributed by atoms with E-state index in [0.29, 0.717) is 18.8 Å². The third-order valence-corrected chi connectivity index (χ3v) is 4.31. The highest BCUT2D eigenvalue weighted by Crippen LogP contribution is 2.34. The van der Waals surface area contributed by atoms with Gasteiger partial charge in [-0.25, -0.2) is 0 Å². The van der Waals surface area contributed by atoms with Gasteiger partial charge in [-0.3, -0.25) is 9.59 Å². The number of primary amides is 2. The summed E-state index contributed by atoms with van der Waals surface area (Å²) >= 11 is 1.28. The molecular formula is C11H22N2O2S. The number of thioether (sulfide) groups is 1. The van der Waals surface area contributed by atoms with Gasteiger partial charge in [-0.2, -0.15) is 0 Å². The number of carbonyl (C=O) groups excluding carboxylic acids is 2. The van der Waals surface area contributed by atoms with E-state index in [1.165, 1.54) is 11.8 Å². The first kappa shape index (κ1) is 15.3. The van der Waals surface area contributed by atoms with Gasteiger partial charge < -0.3 is 11.5 Å². The average molecular weight is 246 g/mol. The van der Waals surface area contributed by atoms with E-state index in [9.17, 15) is 9.59 Å². The maximum absolute atomic E-state index is 11.5. The summed E-state index contributed by atoms with van der Waals surface area (Å²) in [7, 11) is 0. The number of nitrogens with two attached hydrogens (primary N) is 2. The lowest BCUT2D eigenvalue weighted by atomic mass is 9.94. The van der Waals surface area contributed by atoms with Gasteiger partial charge in [0.2, 0.25) is 11.8 Å². The predicted molar refractivity (Wildman–Crippen MR) is 67.9 cm³/mol. The van der Waals surface area contributed by atoms with Crippen molar-refractivity contribution in [1.29, 1.82) is 0 Å². The van der Waals surface area contributed by atoms with Crippen molar-refractivity contribution in [3.63, 3.8) is 0 Å². The topological polar surface area (TPSA) is 86.2 Å². The van der Waals surface area contributed by atoms with E-state index in [-0.39, 0.29) is 11.7 Å². The summed E-state index contributed by atoms with van der Waals surface area (Å²) in [5.41, 5.74) is 10.5. The molecule has 5 heteroatoms. The van der Waals surface area contributed by atoms with Crippen LogP contribution in [0.1, 0.15) is 40.0 Å². The van der Waals surface area contributed by atoms with Crippen molar-refractivity contribution in [3.8, 4) is 0 Å². The summed E-state index contributed by atoms with van der Waals surface area (Å²) in [6.45, 7) is 6.11. The van der Waals surface area contributed by atoms with Crippen molar-refractivity contribution < 1.29 is 9.59 Å². The van der Waals surface area contributed by atoms with Crippen molar-refractivity contribution in [1.82, 2.24) is 0 Å². The first-order valence-corrected chi connectivity index (χ1v) is 6.54. The Hall–Kier alpha value is -0.710. The third kappa shape index (κ3) is 4.88. The summed E-state index contributed by atoms with van der Waals surface area (Å²) in [5.74, 6) is -0.0931. The highest BCUT2D eigenvalue weighted by Gasteiger charge is 2.35. The van der Waals surface area contributed by atoms with Gasteiger partial charge in [0.05, 0.1) is 10.5 Å². The lowest BCUT2D eigenvalue weighted by Crippen LogP contribution is -2.41. The Bertz CT molecular complexity index is 256. The standard InChI is InChI=1S/C11H22N2O2S/c1-4-11(10(13)15,6-5-8(2)3)16-7-9(12)14/h8H,4-7H2,1-3H3,(H2,12,14)(H2,13,15)/t11-/m0/s1. The maximum atomic E-state index is 11.5. The molecule has 0 bridgehead atoms. The zero-order valence-corrected chi connectivity index (χ0v) is 11.1. The maximum Gasteiger partial charge on any atom is 0.233 e. The van der Waals surface area contributed by atoms with Crippen LogP contribution >= 0.6 is 11.8 Å². The van der Waals surface area contributed by atoms with Crippen LogP contribution in [0.25, 0.3) is 0 Å². The number of hydrogen-bond acceptors (Lipinski definition) is 3. The Morgan fingerprint density at radius 3 is 2.19 bits per heavy atom. The molecule has 0 radical (unpaired) electrons. The van der Waals surface area contributed by atoms with Gasteiger partial charge in [0.1, 0.15) is 0 Å². The monoisotopic (exact) mass is 246 g/mol. The lowest BCUT2D eigenvalue weighted by Gasteiger charge is -2.29. The molecule has 2 amide bonds. The van der Waals surface area contributed by atoms with Gasteiger partial charge in [0.25, 0.3) is 0 Å². The molecule has 0 saturated heterocycles. The molecule has 0 rings (SSSR count). The van der Waals surface area contributed by atoms with Crippen LogP contribution in [-0.4, -0.2) is 22.3 Å². The Balaban J connectivity index is 4.57. The second kappa shape index (κ2) is 6.78. The van der Waals surface area contributed by atoms with Gasteiger partial charge in [0, 0.05) is 0 Å². The number of carbonyl (C=O) groups is 2. The van der Waals surface area contributed by atoms with Gasteiger partial charge in [-0.1, -0.05) is 20.8 Å². The van der Waals surface area contributed by atoms with Crippen LogP contribution in [0.4, 0.5) is 0 Å². The molecule has 0 fully saturated rings. The number of rotatable bonds is 8. The predicted octanol–water partition coefficient (Wildman–Crippen LogP) is 1.28. The normalized spacial score (nSPS) is 14.8. The van der Waals surface area contributed by atoms with E-state index in [1.54, 1.807) is 0 Å². The van der Waals surface area contributed by atoms with Crippen LogP contribution in [-0.2, 0) is 9.59 Å². The van der Waals surface area contributed by atoms with Crippen molar-refractivity contribution in [2.45, 2.75) is 44.8 Å². The molecule has 0 aromatic rings. The first-order chi connectivity index (χ1) is 7.34. The van der Waals surface area contributed by atoms with Crippen molar-refractivity contribution in [2.75, 3.05) is 5.75 Å². The quantitative estimate of drug-likeness (QED) is 0.676. The molecule has 0 saturated carbocycles. The zero-order chi connectivity index (χ0) is 12.8. The minimum absolute atomic E-state index is 0.148. The Labute approximate surface area is 102 Å². The Kier molecular flexibility index (Phi) is 6.48. The molecule has 0 aromatic heterocycles. The molecule has 16 heavy (non-hydrogen) atoms. The minimum Gasteiger partial charge on any atom is -0.369 e. The van der Waals surface area contributed by atoms with E-state index in [4.69, 9.17) is 11.5 Å². The Morgan fingerprint density at radius 1 is 1.31 bits per heavy atom. The van der Waals surface area contributed by atoms with E-state index in [0.717, 1.165) is 6.42 Å². The van der Waals surface area contributed by atoms with Gasteiger partial charge in [-0.15, -0.1) is 11.8 Å². The highest BCUT2D eigenvalue weighted by atomic mass is 32.2. The van der Waals surface area contributed by atoms with E-state index in [2.05, 4.69) is 13.8 Å². The summed E-state index contributed by atoms with van der Waals surface area (Å²) in [6, 6.07) is 0. The summed E-state index contributed by atoms with van der Waals surface area (Å²) in [5, 5.41) is 0. The number of hydrogen-bond donors (Lipinski definition) is 2. The summed E-state index contributed by atoms with van der Waals surface area (Å²) in [6.07, 6.45) is 2.25. The van der Waals surface area contributed by atoms with Gasteiger partial charge in [-0.05, 0) is 25.2 Å². The van der Waals surface area contributed by atoms with Crippen LogP contribution in [0, 0.1) is 5.92 Å². The average Bonchev–Trinajstić information content (AvgIpc) is 2.17. The molecule has 94 valence electrons. The van der Waals surface area contributed by atoms with Crippen LogP contribution < -0.4 is 11.5 Å². The Morgan fingerprint density at radius 2 is 1.88 bits per heavy atom. The second-order valence-corrected chi connectivity index (χ2v) is 5.76. The van der Waals surface area contributed by atoms with Crippen LogP contribution in [0.2, 0.25) is 0 Å². The van der Waals surface area contributed by atoms with Crippen molar-refractivity contribution in [3.05, 3.63) is 0 Å². The second-order valence-electron chi connectivity index (χ2n) is 4.40. The molecule has 0 aliphatic carbocycles. The minimum atomic E-state index is -0.640. The molecule has 1 atom stereocenters. The number of amides is 2. The zero-order valence-electron chi connectivity index (χ0n) is 10.3. The fraction of sp³-hybridized carbons (Fsp3) is 0.818. The molecule has 0 unspecified atom stereocenters. The molecule has 0 aromatic carbocycles. The molecule has 0 spiro atoms. The van der Waals surface area contributed by atoms with Gasteiger partial charge >= 0.3 is 0 Å². The smallest absolute Gasteiger partial charge is 0.233 e. The van der Waals surface area contributed by atoms with E-state index >= 15 is 0 Å². The van der Waals surface area contributed by atoms with E-state index < -0.39 is 10.7 Å². The molecule has 0 heterocycles. The largest absolute Gasteiger partial charge is 0.369 e. The van der Waals surface area contributed by atoms with Crippen LogP contribution in [0.15, 0.2) is 0 Å². The lowest BCUT2D eigenvalue weighted by molar-refractivity contribution is -0.120. The SMILES string of the molecule is CC[C@@](CCC(C)C)(SCC(N)=O)C(N)=O. The van der Waals surface area contributed by atoms with Gasteiger partial charge in [0.15, 0.2) is 0 Å². The summed E-state index contributed by atoms with van der Waals surface area (Å²) in [4.78, 5) is 22.3. The molecular weight excluding hydrogens is 224 g/mol. The molecule has 0 aliphatic heterocycles. The molecule has 0 aliphatic rings. The first-order valence-electron chi connectivity index (χ1n) is 5.56. The van der Waals surface area contributed by atoms with Crippen LogP contribution in [0.3, 0.4) is 0 Å². The van der Waals surface area contributed by atoms with E-state index in [1.807, 2.05) is 6.92 Å². The summed E-state index contributed by atoms with van der Waals surface area (Å²) < 4.78 is -0.640. The fourth-order valence-corrected chi connectivity index (χ4v) is 2.48. The van der Waals surface area contributed by atoms with Crippen LogP contribution in [0.5, 0.6) is 0 Å². The highest BCUT2D eigenvalue weighted by molar-refractivity contribution is 8.02.